The number of halogens is 2. The number of hydrogen-bond acceptors (Lipinski definition) is 4. The molecule has 0 atom stereocenters. The largest absolute Gasteiger partial charge is 0.493 e. The molecule has 0 unspecified atom stereocenters. The van der Waals surface area contributed by atoms with Crippen LogP contribution in [0, 0.1) is 0 Å². The van der Waals surface area contributed by atoms with E-state index < -0.39 is 6.61 Å². The van der Waals surface area contributed by atoms with Crippen molar-refractivity contribution >= 4 is 0 Å². The second-order valence-electron chi connectivity index (χ2n) is 3.26. The van der Waals surface area contributed by atoms with Crippen LogP contribution in [0.3, 0.4) is 0 Å². The molecule has 0 saturated heterocycles. The Hall–Kier alpha value is -1.40. The Kier molecular flexibility index (Phi) is 5.65. The Balaban J connectivity index is 2.73. The Morgan fingerprint density at radius 2 is 2.12 bits per heavy atom. The average Bonchev–Trinajstić information content (AvgIpc) is 2.29. The number of nitrogens with one attached hydrogen (secondary N) is 1. The molecule has 17 heavy (non-hydrogen) atoms. The molecule has 0 fully saturated rings. The summed E-state index contributed by atoms with van der Waals surface area (Å²) >= 11 is 0. The molecule has 96 valence electrons. The smallest absolute Gasteiger partial charge is 0.387 e. The number of aliphatic hydroxyl groups excluding tert-OH is 1. The van der Waals surface area contributed by atoms with Gasteiger partial charge in [0.25, 0.3) is 0 Å². The lowest BCUT2D eigenvalue weighted by molar-refractivity contribution is -0.0512. The first kappa shape index (κ1) is 13.7. The van der Waals surface area contributed by atoms with Crippen molar-refractivity contribution in [3.8, 4) is 11.5 Å². The van der Waals surface area contributed by atoms with E-state index >= 15 is 0 Å². The van der Waals surface area contributed by atoms with Crippen molar-refractivity contribution in [1.29, 1.82) is 0 Å². The van der Waals surface area contributed by atoms with Crippen LogP contribution in [-0.4, -0.2) is 32.0 Å². The molecule has 0 aliphatic heterocycles. The van der Waals surface area contributed by atoms with Crippen molar-refractivity contribution in [3.05, 3.63) is 23.8 Å². The Labute approximate surface area is 98.2 Å². The highest BCUT2D eigenvalue weighted by Crippen LogP contribution is 2.29. The molecule has 0 bridgehead atoms. The van der Waals surface area contributed by atoms with E-state index in [-0.39, 0.29) is 18.1 Å². The summed E-state index contributed by atoms with van der Waals surface area (Å²) in [7, 11) is 1.39. The second kappa shape index (κ2) is 7.03. The van der Waals surface area contributed by atoms with E-state index in [9.17, 15) is 8.78 Å². The van der Waals surface area contributed by atoms with Gasteiger partial charge in [0, 0.05) is 13.1 Å². The van der Waals surface area contributed by atoms with Crippen LogP contribution in [0.25, 0.3) is 0 Å². The fourth-order valence-corrected chi connectivity index (χ4v) is 1.33. The van der Waals surface area contributed by atoms with Gasteiger partial charge < -0.3 is 19.9 Å². The summed E-state index contributed by atoms with van der Waals surface area (Å²) < 4.78 is 33.6. The van der Waals surface area contributed by atoms with Crippen molar-refractivity contribution in [2.24, 2.45) is 0 Å². The van der Waals surface area contributed by atoms with Crippen LogP contribution in [-0.2, 0) is 6.54 Å². The van der Waals surface area contributed by atoms with Gasteiger partial charge in [0.05, 0.1) is 13.7 Å². The lowest BCUT2D eigenvalue weighted by Crippen LogP contribution is -2.17. The van der Waals surface area contributed by atoms with Crippen LogP contribution < -0.4 is 14.8 Å². The summed E-state index contributed by atoms with van der Waals surface area (Å²) in [5, 5.41) is 11.5. The summed E-state index contributed by atoms with van der Waals surface area (Å²) in [6.07, 6.45) is 0. The van der Waals surface area contributed by atoms with Crippen LogP contribution in [0.2, 0.25) is 0 Å². The third kappa shape index (κ3) is 4.54. The Bertz CT molecular complexity index is 347. The number of ether oxygens (including phenoxy) is 2. The van der Waals surface area contributed by atoms with Gasteiger partial charge in [0.15, 0.2) is 11.5 Å². The van der Waals surface area contributed by atoms with Crippen molar-refractivity contribution in [3.63, 3.8) is 0 Å². The van der Waals surface area contributed by atoms with Crippen LogP contribution >= 0.6 is 0 Å². The number of rotatable bonds is 7. The average molecular weight is 247 g/mol. The van der Waals surface area contributed by atoms with Gasteiger partial charge in [0.1, 0.15) is 0 Å². The summed E-state index contributed by atoms with van der Waals surface area (Å²) in [5.74, 6) is 0.266. The van der Waals surface area contributed by atoms with Gasteiger partial charge in [-0.3, -0.25) is 0 Å². The molecule has 0 aromatic heterocycles. The zero-order valence-electron chi connectivity index (χ0n) is 9.45. The van der Waals surface area contributed by atoms with E-state index in [1.54, 1.807) is 12.1 Å². The van der Waals surface area contributed by atoms with Gasteiger partial charge in [-0.25, -0.2) is 0 Å². The standard InChI is InChI=1S/C11H15F2NO3/c1-16-9-3-2-8(7-14-4-5-15)6-10(9)17-11(12)13/h2-3,6,11,14-15H,4-5,7H2,1H3. The fourth-order valence-electron chi connectivity index (χ4n) is 1.33. The minimum atomic E-state index is -2.88. The second-order valence-corrected chi connectivity index (χ2v) is 3.26. The van der Waals surface area contributed by atoms with Gasteiger partial charge in [-0.2, -0.15) is 8.78 Å². The van der Waals surface area contributed by atoms with Crippen molar-refractivity contribution in [2.45, 2.75) is 13.2 Å². The highest BCUT2D eigenvalue weighted by Gasteiger charge is 2.10. The number of methoxy groups -OCH3 is 1. The first-order valence-electron chi connectivity index (χ1n) is 5.10. The van der Waals surface area contributed by atoms with E-state index in [1.165, 1.54) is 13.2 Å². The predicted molar refractivity (Wildman–Crippen MR) is 58.4 cm³/mol. The number of aliphatic hydroxyl groups is 1. The third-order valence-corrected chi connectivity index (χ3v) is 2.06. The summed E-state index contributed by atoms with van der Waals surface area (Å²) in [6, 6.07) is 4.78. The molecular formula is C11H15F2NO3. The lowest BCUT2D eigenvalue weighted by atomic mass is 10.2. The van der Waals surface area contributed by atoms with Crippen LogP contribution in [0.1, 0.15) is 5.56 Å². The molecular weight excluding hydrogens is 232 g/mol. The lowest BCUT2D eigenvalue weighted by Gasteiger charge is -2.11. The zero-order chi connectivity index (χ0) is 12.7. The van der Waals surface area contributed by atoms with Crippen LogP contribution in [0.5, 0.6) is 11.5 Å². The number of hydrogen-bond donors (Lipinski definition) is 2. The SMILES string of the molecule is COc1ccc(CNCCO)cc1OC(F)F. The van der Waals surface area contributed by atoms with E-state index in [0.717, 1.165) is 5.56 Å². The van der Waals surface area contributed by atoms with E-state index in [1.807, 2.05) is 0 Å². The Morgan fingerprint density at radius 3 is 2.71 bits per heavy atom. The van der Waals surface area contributed by atoms with Crippen LogP contribution in [0.15, 0.2) is 18.2 Å². The molecule has 1 aromatic carbocycles. The summed E-state index contributed by atoms with van der Waals surface area (Å²) in [4.78, 5) is 0. The fraction of sp³-hybridized carbons (Fsp3) is 0.455. The zero-order valence-corrected chi connectivity index (χ0v) is 9.45. The van der Waals surface area contributed by atoms with E-state index in [4.69, 9.17) is 9.84 Å². The number of benzene rings is 1. The highest BCUT2D eigenvalue weighted by atomic mass is 19.3. The molecule has 0 aliphatic rings. The Morgan fingerprint density at radius 1 is 1.35 bits per heavy atom. The molecule has 0 heterocycles. The van der Waals surface area contributed by atoms with Gasteiger partial charge in [-0.1, -0.05) is 6.07 Å². The third-order valence-electron chi connectivity index (χ3n) is 2.06. The van der Waals surface area contributed by atoms with Crippen molar-refractivity contribution in [1.82, 2.24) is 5.32 Å². The maximum absolute atomic E-state index is 12.1. The molecule has 6 heteroatoms. The molecule has 0 amide bonds. The number of alkyl halides is 2. The first-order chi connectivity index (χ1) is 8.17. The first-order valence-corrected chi connectivity index (χ1v) is 5.10. The molecule has 0 spiro atoms. The summed E-state index contributed by atoms with van der Waals surface area (Å²) in [6.45, 7) is -1.96. The predicted octanol–water partition coefficient (Wildman–Crippen LogP) is 1.38. The molecule has 2 N–H and O–H groups in total. The van der Waals surface area contributed by atoms with Crippen molar-refractivity contribution in [2.75, 3.05) is 20.3 Å². The topological polar surface area (TPSA) is 50.7 Å². The van der Waals surface area contributed by atoms with E-state index in [2.05, 4.69) is 10.1 Å². The maximum atomic E-state index is 12.1. The monoisotopic (exact) mass is 247 g/mol. The molecule has 4 nitrogen and oxygen atoms in total. The molecule has 1 aromatic rings. The normalized spacial score (nSPS) is 10.6. The van der Waals surface area contributed by atoms with Crippen LogP contribution in [0.4, 0.5) is 8.78 Å². The minimum Gasteiger partial charge on any atom is -0.493 e. The van der Waals surface area contributed by atoms with Gasteiger partial charge in [0.2, 0.25) is 0 Å². The van der Waals surface area contributed by atoms with E-state index in [0.29, 0.717) is 13.1 Å². The van der Waals surface area contributed by atoms with Gasteiger partial charge in [-0.15, -0.1) is 0 Å². The molecule has 1 rings (SSSR count). The minimum absolute atomic E-state index is 0.00537. The summed E-state index contributed by atoms with van der Waals surface area (Å²) in [5.41, 5.74) is 0.773. The maximum Gasteiger partial charge on any atom is 0.387 e. The highest BCUT2D eigenvalue weighted by molar-refractivity contribution is 5.42. The van der Waals surface area contributed by atoms with Gasteiger partial charge in [-0.05, 0) is 17.7 Å². The van der Waals surface area contributed by atoms with Crippen molar-refractivity contribution < 1.29 is 23.4 Å². The quantitative estimate of drug-likeness (QED) is 0.715. The molecule has 0 saturated carbocycles. The van der Waals surface area contributed by atoms with Gasteiger partial charge >= 0.3 is 6.61 Å². The molecule has 0 radical (unpaired) electrons. The molecule has 0 aliphatic carbocycles.